The number of nitrogens with one attached hydrogen (secondary N) is 1. The Labute approximate surface area is 96.9 Å². The Morgan fingerprint density at radius 3 is 2.88 bits per heavy atom. The van der Waals surface area contributed by atoms with Crippen molar-refractivity contribution >= 4 is 10.9 Å². The Morgan fingerprint density at radius 2 is 2.12 bits per heavy atom. The molecule has 1 aromatic carbocycles. The van der Waals surface area contributed by atoms with Crippen molar-refractivity contribution in [1.29, 1.82) is 0 Å². The summed E-state index contributed by atoms with van der Waals surface area (Å²) >= 11 is 0. The van der Waals surface area contributed by atoms with Crippen molar-refractivity contribution < 1.29 is 4.42 Å². The maximum atomic E-state index is 11.8. The minimum absolute atomic E-state index is 0.113. The van der Waals surface area contributed by atoms with Crippen molar-refractivity contribution in [2.45, 2.75) is 6.92 Å². The second-order valence-corrected chi connectivity index (χ2v) is 3.90. The standard InChI is InChI=1S/C13H10N2O2/c1-8-14-12-3-2-9(10-4-5-17-7-10)6-11(12)13(16)15-8/h2-7H,1H3,(H,14,15,16). The van der Waals surface area contributed by atoms with Crippen LogP contribution in [0.25, 0.3) is 22.0 Å². The van der Waals surface area contributed by atoms with Crippen molar-refractivity contribution in [1.82, 2.24) is 9.97 Å². The minimum atomic E-state index is -0.113. The number of H-pyrrole nitrogens is 1. The number of hydrogen-bond acceptors (Lipinski definition) is 3. The molecule has 0 fully saturated rings. The summed E-state index contributed by atoms with van der Waals surface area (Å²) in [5, 5.41) is 0.592. The van der Waals surface area contributed by atoms with E-state index in [0.717, 1.165) is 11.1 Å². The first kappa shape index (κ1) is 9.84. The molecular formula is C13H10N2O2. The molecule has 4 heteroatoms. The fourth-order valence-corrected chi connectivity index (χ4v) is 1.86. The van der Waals surface area contributed by atoms with Gasteiger partial charge in [0, 0.05) is 5.56 Å². The smallest absolute Gasteiger partial charge is 0.258 e. The van der Waals surface area contributed by atoms with Crippen LogP contribution in [0.2, 0.25) is 0 Å². The first-order valence-corrected chi connectivity index (χ1v) is 5.27. The predicted molar refractivity (Wildman–Crippen MR) is 64.8 cm³/mol. The van der Waals surface area contributed by atoms with Crippen LogP contribution in [0.3, 0.4) is 0 Å². The van der Waals surface area contributed by atoms with E-state index in [2.05, 4.69) is 9.97 Å². The zero-order valence-corrected chi connectivity index (χ0v) is 9.23. The van der Waals surface area contributed by atoms with Crippen molar-refractivity contribution in [3.63, 3.8) is 0 Å². The molecule has 0 saturated carbocycles. The molecule has 0 aliphatic heterocycles. The number of nitrogens with zero attached hydrogens (tertiary/aromatic N) is 1. The molecule has 3 rings (SSSR count). The molecule has 0 radical (unpaired) electrons. The Balaban J connectivity index is 2.30. The molecule has 0 aliphatic rings. The summed E-state index contributed by atoms with van der Waals surface area (Å²) in [4.78, 5) is 18.8. The van der Waals surface area contributed by atoms with Crippen molar-refractivity contribution in [3.8, 4) is 11.1 Å². The number of fused-ring (bicyclic) bond motifs is 1. The van der Waals surface area contributed by atoms with E-state index in [1.807, 2.05) is 24.3 Å². The molecular weight excluding hydrogens is 216 g/mol. The predicted octanol–water partition coefficient (Wildman–Crippen LogP) is 2.49. The highest BCUT2D eigenvalue weighted by atomic mass is 16.3. The van der Waals surface area contributed by atoms with E-state index >= 15 is 0 Å². The van der Waals surface area contributed by atoms with E-state index in [1.54, 1.807) is 19.5 Å². The van der Waals surface area contributed by atoms with Gasteiger partial charge in [-0.1, -0.05) is 6.07 Å². The highest BCUT2D eigenvalue weighted by molar-refractivity contribution is 5.83. The Morgan fingerprint density at radius 1 is 1.24 bits per heavy atom. The summed E-state index contributed by atoms with van der Waals surface area (Å²) in [5.74, 6) is 0.624. The Kier molecular flexibility index (Phi) is 2.08. The number of aryl methyl sites for hydroxylation is 1. The SMILES string of the molecule is Cc1nc2ccc(-c3ccoc3)cc2c(=O)[nH]1. The molecule has 84 valence electrons. The maximum absolute atomic E-state index is 11.8. The zero-order chi connectivity index (χ0) is 11.8. The summed E-state index contributed by atoms with van der Waals surface area (Å²) in [6.07, 6.45) is 3.26. The van der Waals surface area contributed by atoms with E-state index in [-0.39, 0.29) is 5.56 Å². The molecule has 0 bridgehead atoms. The quantitative estimate of drug-likeness (QED) is 0.693. The van der Waals surface area contributed by atoms with E-state index < -0.39 is 0 Å². The van der Waals surface area contributed by atoms with Crippen LogP contribution >= 0.6 is 0 Å². The molecule has 3 aromatic rings. The first-order valence-electron chi connectivity index (χ1n) is 5.27. The topological polar surface area (TPSA) is 58.9 Å². The largest absolute Gasteiger partial charge is 0.472 e. The lowest BCUT2D eigenvalue weighted by Crippen LogP contribution is -2.09. The second kappa shape index (κ2) is 3.59. The van der Waals surface area contributed by atoms with Gasteiger partial charge in [0.25, 0.3) is 5.56 Å². The van der Waals surface area contributed by atoms with Crippen LogP contribution in [0.15, 0.2) is 46.0 Å². The van der Waals surface area contributed by atoms with Gasteiger partial charge in [0.15, 0.2) is 0 Å². The molecule has 0 saturated heterocycles. The molecule has 4 nitrogen and oxygen atoms in total. The van der Waals surface area contributed by atoms with Crippen molar-refractivity contribution in [3.05, 3.63) is 53.0 Å². The van der Waals surface area contributed by atoms with Gasteiger partial charge in [0.1, 0.15) is 5.82 Å². The molecule has 2 heterocycles. The minimum Gasteiger partial charge on any atom is -0.472 e. The highest BCUT2D eigenvalue weighted by Gasteiger charge is 2.05. The molecule has 0 aliphatic carbocycles. The van der Waals surface area contributed by atoms with E-state index in [9.17, 15) is 4.79 Å². The van der Waals surface area contributed by atoms with Gasteiger partial charge in [0.05, 0.1) is 23.4 Å². The van der Waals surface area contributed by atoms with Crippen molar-refractivity contribution in [2.24, 2.45) is 0 Å². The number of furan rings is 1. The molecule has 0 spiro atoms. The third kappa shape index (κ3) is 1.63. The van der Waals surface area contributed by atoms with Gasteiger partial charge in [-0.2, -0.15) is 0 Å². The van der Waals surface area contributed by atoms with Crippen LogP contribution in [-0.2, 0) is 0 Å². The first-order chi connectivity index (χ1) is 8.24. The zero-order valence-electron chi connectivity index (χ0n) is 9.23. The van der Waals surface area contributed by atoms with Gasteiger partial charge in [0.2, 0.25) is 0 Å². The van der Waals surface area contributed by atoms with Crippen LogP contribution < -0.4 is 5.56 Å². The second-order valence-electron chi connectivity index (χ2n) is 3.90. The van der Waals surface area contributed by atoms with Gasteiger partial charge in [-0.3, -0.25) is 4.79 Å². The average Bonchev–Trinajstić information content (AvgIpc) is 2.82. The number of rotatable bonds is 1. The van der Waals surface area contributed by atoms with Crippen LogP contribution in [0.4, 0.5) is 0 Å². The summed E-state index contributed by atoms with van der Waals surface area (Å²) in [6, 6.07) is 7.46. The maximum Gasteiger partial charge on any atom is 0.258 e. The lowest BCUT2D eigenvalue weighted by atomic mass is 10.1. The molecule has 0 atom stereocenters. The Hall–Kier alpha value is -2.36. The van der Waals surface area contributed by atoms with E-state index in [0.29, 0.717) is 16.7 Å². The third-order valence-electron chi connectivity index (χ3n) is 2.68. The van der Waals surface area contributed by atoms with Crippen LogP contribution in [0.1, 0.15) is 5.82 Å². The fourth-order valence-electron chi connectivity index (χ4n) is 1.86. The van der Waals surface area contributed by atoms with Gasteiger partial charge in [-0.25, -0.2) is 4.98 Å². The number of aromatic nitrogens is 2. The van der Waals surface area contributed by atoms with Gasteiger partial charge in [-0.05, 0) is 30.7 Å². The number of hydrogen-bond donors (Lipinski definition) is 1. The highest BCUT2D eigenvalue weighted by Crippen LogP contribution is 2.22. The van der Waals surface area contributed by atoms with Crippen LogP contribution in [-0.4, -0.2) is 9.97 Å². The van der Waals surface area contributed by atoms with Gasteiger partial charge >= 0.3 is 0 Å². The summed E-state index contributed by atoms with van der Waals surface area (Å²) in [7, 11) is 0. The summed E-state index contributed by atoms with van der Waals surface area (Å²) in [5.41, 5.74) is 2.49. The normalized spacial score (nSPS) is 10.9. The van der Waals surface area contributed by atoms with Gasteiger partial charge < -0.3 is 9.40 Å². The fraction of sp³-hybridized carbons (Fsp3) is 0.0769. The lowest BCUT2D eigenvalue weighted by Gasteiger charge is -2.01. The summed E-state index contributed by atoms with van der Waals surface area (Å²) < 4.78 is 5.03. The monoisotopic (exact) mass is 226 g/mol. The third-order valence-corrected chi connectivity index (χ3v) is 2.68. The van der Waals surface area contributed by atoms with Gasteiger partial charge in [-0.15, -0.1) is 0 Å². The van der Waals surface area contributed by atoms with E-state index in [4.69, 9.17) is 4.42 Å². The molecule has 0 amide bonds. The number of benzene rings is 1. The van der Waals surface area contributed by atoms with Crippen molar-refractivity contribution in [2.75, 3.05) is 0 Å². The molecule has 0 unspecified atom stereocenters. The molecule has 17 heavy (non-hydrogen) atoms. The summed E-state index contributed by atoms with van der Waals surface area (Å²) in [6.45, 7) is 1.77. The Bertz CT molecular complexity index is 727. The molecule has 2 aromatic heterocycles. The lowest BCUT2D eigenvalue weighted by molar-refractivity contribution is 0.568. The average molecular weight is 226 g/mol. The molecule has 1 N–H and O–H groups in total. The number of aromatic amines is 1. The van der Waals surface area contributed by atoms with Crippen LogP contribution in [0.5, 0.6) is 0 Å². The van der Waals surface area contributed by atoms with Crippen LogP contribution in [0, 0.1) is 6.92 Å². The van der Waals surface area contributed by atoms with E-state index in [1.165, 1.54) is 0 Å².